The van der Waals surface area contributed by atoms with Gasteiger partial charge in [0.05, 0.1) is 18.8 Å². The summed E-state index contributed by atoms with van der Waals surface area (Å²) in [6, 6.07) is 0. The van der Waals surface area contributed by atoms with E-state index in [1.165, 1.54) is 0 Å². The molecule has 0 amide bonds. The van der Waals surface area contributed by atoms with Crippen LogP contribution >= 0.6 is 0 Å². The summed E-state index contributed by atoms with van der Waals surface area (Å²) in [7, 11) is 0. The molecule has 0 aromatic carbocycles. The molecule has 1 aromatic heterocycles. The normalized spacial score (nSPS) is 22.0. The number of hydrogen-bond acceptors (Lipinski definition) is 4. The van der Waals surface area contributed by atoms with Gasteiger partial charge in [-0.1, -0.05) is 5.21 Å². The van der Waals surface area contributed by atoms with Crippen molar-refractivity contribution >= 4 is 6.29 Å². The Kier molecular flexibility index (Phi) is 2.35. The Morgan fingerprint density at radius 1 is 1.77 bits per heavy atom. The van der Waals surface area contributed by atoms with Gasteiger partial charge < -0.3 is 4.74 Å². The molecule has 1 atom stereocenters. The lowest BCUT2D eigenvalue weighted by Crippen LogP contribution is -2.15. The summed E-state index contributed by atoms with van der Waals surface area (Å²) in [5.74, 6) is 0. The van der Waals surface area contributed by atoms with Gasteiger partial charge in [-0.15, -0.1) is 5.10 Å². The first-order chi connectivity index (χ1) is 6.38. The van der Waals surface area contributed by atoms with Crippen LogP contribution in [-0.4, -0.2) is 34.0 Å². The third kappa shape index (κ3) is 1.92. The summed E-state index contributed by atoms with van der Waals surface area (Å²) in [5, 5.41) is 7.47. The topological polar surface area (TPSA) is 57.0 Å². The monoisotopic (exact) mass is 181 g/mol. The van der Waals surface area contributed by atoms with Crippen molar-refractivity contribution in [2.24, 2.45) is 0 Å². The summed E-state index contributed by atoms with van der Waals surface area (Å²) in [4.78, 5) is 10.3. The molecular formula is C8H11N3O2. The van der Waals surface area contributed by atoms with Crippen LogP contribution in [0.3, 0.4) is 0 Å². The molecule has 2 heterocycles. The van der Waals surface area contributed by atoms with E-state index in [2.05, 4.69) is 10.3 Å². The highest BCUT2D eigenvalue weighted by Crippen LogP contribution is 2.13. The van der Waals surface area contributed by atoms with Crippen molar-refractivity contribution in [2.75, 3.05) is 6.61 Å². The van der Waals surface area contributed by atoms with Gasteiger partial charge >= 0.3 is 0 Å². The van der Waals surface area contributed by atoms with E-state index in [4.69, 9.17) is 4.74 Å². The fourth-order valence-corrected chi connectivity index (χ4v) is 1.45. The van der Waals surface area contributed by atoms with Crippen LogP contribution in [0.1, 0.15) is 23.3 Å². The molecule has 1 aliphatic heterocycles. The standard InChI is InChI=1S/C8H11N3O2/c12-6-7-4-11(10-9-7)5-8-2-1-3-13-8/h4,6,8H,1-3,5H2/t8-/m1/s1. The lowest BCUT2D eigenvalue weighted by atomic mass is 10.2. The predicted octanol–water partition coefficient (Wildman–Crippen LogP) is 0.270. The van der Waals surface area contributed by atoms with Crippen molar-refractivity contribution in [1.82, 2.24) is 15.0 Å². The lowest BCUT2D eigenvalue weighted by Gasteiger charge is -2.07. The molecule has 1 aliphatic rings. The van der Waals surface area contributed by atoms with Gasteiger partial charge in [0, 0.05) is 6.61 Å². The van der Waals surface area contributed by atoms with Crippen LogP contribution in [0.4, 0.5) is 0 Å². The minimum absolute atomic E-state index is 0.237. The van der Waals surface area contributed by atoms with E-state index in [0.717, 1.165) is 19.4 Å². The highest BCUT2D eigenvalue weighted by atomic mass is 16.5. The van der Waals surface area contributed by atoms with Gasteiger partial charge in [0.1, 0.15) is 5.69 Å². The minimum Gasteiger partial charge on any atom is -0.376 e. The molecule has 0 aliphatic carbocycles. The average molecular weight is 181 g/mol. The van der Waals surface area contributed by atoms with Gasteiger partial charge in [0.25, 0.3) is 0 Å². The predicted molar refractivity (Wildman–Crippen MR) is 44.4 cm³/mol. The molecule has 0 radical (unpaired) electrons. The van der Waals surface area contributed by atoms with Crippen molar-refractivity contribution in [2.45, 2.75) is 25.5 Å². The molecule has 0 saturated carbocycles. The van der Waals surface area contributed by atoms with Gasteiger partial charge in [0.15, 0.2) is 6.29 Å². The zero-order chi connectivity index (χ0) is 9.10. The SMILES string of the molecule is O=Cc1cn(C[C@H]2CCCO2)nn1. The van der Waals surface area contributed by atoms with Gasteiger partial charge in [-0.05, 0) is 12.8 Å². The highest BCUT2D eigenvalue weighted by Gasteiger charge is 2.16. The Bertz CT molecular complexity index is 291. The first-order valence-corrected chi connectivity index (χ1v) is 4.35. The van der Waals surface area contributed by atoms with E-state index < -0.39 is 0 Å². The van der Waals surface area contributed by atoms with Crippen LogP contribution < -0.4 is 0 Å². The maximum absolute atomic E-state index is 10.3. The van der Waals surface area contributed by atoms with Gasteiger partial charge in [-0.3, -0.25) is 4.79 Å². The molecule has 13 heavy (non-hydrogen) atoms. The van der Waals surface area contributed by atoms with E-state index in [9.17, 15) is 4.79 Å². The second-order valence-corrected chi connectivity index (χ2v) is 3.12. The molecular weight excluding hydrogens is 170 g/mol. The van der Waals surface area contributed by atoms with Gasteiger partial charge in [-0.2, -0.15) is 0 Å². The molecule has 70 valence electrons. The number of ether oxygens (including phenoxy) is 1. The summed E-state index contributed by atoms with van der Waals surface area (Å²) >= 11 is 0. The fourth-order valence-electron chi connectivity index (χ4n) is 1.45. The van der Waals surface area contributed by atoms with E-state index in [0.29, 0.717) is 18.5 Å². The molecule has 5 nitrogen and oxygen atoms in total. The molecule has 2 rings (SSSR count). The third-order valence-electron chi connectivity index (χ3n) is 2.09. The summed E-state index contributed by atoms with van der Waals surface area (Å²) in [5.41, 5.74) is 0.373. The zero-order valence-corrected chi connectivity index (χ0v) is 7.22. The Morgan fingerprint density at radius 2 is 2.69 bits per heavy atom. The molecule has 0 unspecified atom stereocenters. The minimum atomic E-state index is 0.237. The molecule has 1 saturated heterocycles. The maximum Gasteiger partial charge on any atom is 0.171 e. The quantitative estimate of drug-likeness (QED) is 0.628. The zero-order valence-electron chi connectivity index (χ0n) is 7.22. The van der Waals surface area contributed by atoms with Crippen molar-refractivity contribution in [3.63, 3.8) is 0 Å². The number of nitrogens with zero attached hydrogens (tertiary/aromatic N) is 3. The van der Waals surface area contributed by atoms with Crippen molar-refractivity contribution in [1.29, 1.82) is 0 Å². The fraction of sp³-hybridized carbons (Fsp3) is 0.625. The number of carbonyl (C=O) groups excluding carboxylic acids is 1. The van der Waals surface area contributed by atoms with E-state index in [1.54, 1.807) is 10.9 Å². The Balaban J connectivity index is 1.96. The van der Waals surface area contributed by atoms with Gasteiger partial charge in [0.2, 0.25) is 0 Å². The van der Waals surface area contributed by atoms with Crippen LogP contribution in [0, 0.1) is 0 Å². The number of aldehydes is 1. The molecule has 1 fully saturated rings. The summed E-state index contributed by atoms with van der Waals surface area (Å²) in [6.07, 6.45) is 4.74. The Hall–Kier alpha value is -1.23. The van der Waals surface area contributed by atoms with E-state index >= 15 is 0 Å². The molecule has 0 N–H and O–H groups in total. The van der Waals surface area contributed by atoms with Crippen LogP contribution in [0.2, 0.25) is 0 Å². The van der Waals surface area contributed by atoms with Crippen LogP contribution in [-0.2, 0) is 11.3 Å². The van der Waals surface area contributed by atoms with Crippen LogP contribution in [0.5, 0.6) is 0 Å². The van der Waals surface area contributed by atoms with E-state index in [-0.39, 0.29) is 6.10 Å². The van der Waals surface area contributed by atoms with Crippen LogP contribution in [0.15, 0.2) is 6.20 Å². The molecule has 0 bridgehead atoms. The van der Waals surface area contributed by atoms with Crippen molar-refractivity contribution < 1.29 is 9.53 Å². The maximum atomic E-state index is 10.3. The molecule has 5 heteroatoms. The van der Waals surface area contributed by atoms with Crippen molar-refractivity contribution in [3.8, 4) is 0 Å². The highest BCUT2D eigenvalue weighted by molar-refractivity contribution is 5.70. The summed E-state index contributed by atoms with van der Waals surface area (Å²) < 4.78 is 7.08. The van der Waals surface area contributed by atoms with Crippen LogP contribution in [0.25, 0.3) is 0 Å². The lowest BCUT2D eigenvalue weighted by molar-refractivity contribution is 0.0934. The number of carbonyl (C=O) groups is 1. The third-order valence-corrected chi connectivity index (χ3v) is 2.09. The number of aromatic nitrogens is 3. The first kappa shape index (κ1) is 8.37. The second-order valence-electron chi connectivity index (χ2n) is 3.12. The summed E-state index contributed by atoms with van der Waals surface area (Å²) in [6.45, 7) is 1.53. The largest absolute Gasteiger partial charge is 0.376 e. The van der Waals surface area contributed by atoms with Crippen molar-refractivity contribution in [3.05, 3.63) is 11.9 Å². The average Bonchev–Trinajstić information content (AvgIpc) is 2.76. The first-order valence-electron chi connectivity index (χ1n) is 4.35. The van der Waals surface area contributed by atoms with E-state index in [1.807, 2.05) is 0 Å². The Morgan fingerprint density at radius 3 is 3.31 bits per heavy atom. The van der Waals surface area contributed by atoms with Gasteiger partial charge in [-0.25, -0.2) is 4.68 Å². The smallest absolute Gasteiger partial charge is 0.171 e. The molecule has 0 spiro atoms. The number of hydrogen-bond donors (Lipinski definition) is 0. The Labute approximate surface area is 75.7 Å². The molecule has 1 aromatic rings. The second kappa shape index (κ2) is 3.66. The number of rotatable bonds is 3.